The van der Waals surface area contributed by atoms with Gasteiger partial charge >= 0.3 is 0 Å². The fourth-order valence-corrected chi connectivity index (χ4v) is 8.68. The molecule has 6 N–H and O–H groups in total. The molecule has 0 unspecified atom stereocenters. The van der Waals surface area contributed by atoms with Crippen LogP contribution in [0.3, 0.4) is 0 Å². The molecule has 4 atom stereocenters. The Kier molecular flexibility index (Phi) is 12.9. The van der Waals surface area contributed by atoms with Gasteiger partial charge in [0.2, 0.25) is 0 Å². The Morgan fingerprint density at radius 2 is 1.16 bits per heavy atom. The summed E-state index contributed by atoms with van der Waals surface area (Å²) in [6.45, 7) is 6.57. The standard InChI is InChI=1S/2C11H13BrN2.C11H11BrN2.2CH4.ClH/c3*12-9-3-1-2-7-8-6-13-5-4-10(8)14-11(7)9;;;/h2*1-3,8,10,13-14H,4-6H2;1-3,13-14H,4-6H2;2*1H4;1H/t2*8-,10-;;;;/m00..../s1. The highest BCUT2D eigenvalue weighted by Gasteiger charge is 2.35. The Bertz CT molecular complexity index is 1520. The molecule has 5 aliphatic rings. The van der Waals surface area contributed by atoms with Gasteiger partial charge in [0.05, 0.1) is 16.9 Å². The number of aromatic nitrogens is 1. The molecule has 3 aromatic carbocycles. The highest BCUT2D eigenvalue weighted by Crippen LogP contribution is 2.43. The molecule has 5 aliphatic heterocycles. The molecule has 45 heavy (non-hydrogen) atoms. The van der Waals surface area contributed by atoms with E-state index in [0.717, 1.165) is 50.2 Å². The van der Waals surface area contributed by atoms with Crippen LogP contribution in [0.1, 0.15) is 61.9 Å². The van der Waals surface area contributed by atoms with E-state index in [1.165, 1.54) is 66.4 Å². The second-order valence-electron chi connectivity index (χ2n) is 11.8. The van der Waals surface area contributed by atoms with Crippen molar-refractivity contribution in [3.05, 3.63) is 90.4 Å². The van der Waals surface area contributed by atoms with Gasteiger partial charge in [-0.1, -0.05) is 51.3 Å². The van der Waals surface area contributed by atoms with Gasteiger partial charge in [-0.05, 0) is 109 Å². The average molecular weight is 826 g/mol. The summed E-state index contributed by atoms with van der Waals surface area (Å²) in [5.41, 5.74) is 9.63. The van der Waals surface area contributed by atoms with Crippen molar-refractivity contribution in [3.8, 4) is 0 Å². The number of halogens is 4. The van der Waals surface area contributed by atoms with Gasteiger partial charge in [-0.15, -0.1) is 12.4 Å². The molecule has 0 saturated carbocycles. The molecule has 4 aromatic rings. The largest absolute Gasteiger partial charge is 0.380 e. The van der Waals surface area contributed by atoms with E-state index in [0.29, 0.717) is 23.9 Å². The number of piperidine rings is 2. The van der Waals surface area contributed by atoms with Gasteiger partial charge in [-0.2, -0.15) is 0 Å². The molecule has 2 saturated heterocycles. The van der Waals surface area contributed by atoms with E-state index in [2.05, 4.69) is 134 Å². The summed E-state index contributed by atoms with van der Waals surface area (Å²) in [5.74, 6) is 1.33. The summed E-state index contributed by atoms with van der Waals surface area (Å²) in [5, 5.41) is 18.9. The van der Waals surface area contributed by atoms with Crippen LogP contribution in [0.5, 0.6) is 0 Å². The lowest BCUT2D eigenvalue weighted by Gasteiger charge is -2.26. The third-order valence-corrected chi connectivity index (χ3v) is 11.3. The van der Waals surface area contributed by atoms with Crippen LogP contribution in [0.2, 0.25) is 0 Å². The fraction of sp³-hybridized carbons (Fsp3) is 0.429. The molecule has 0 aliphatic carbocycles. The van der Waals surface area contributed by atoms with Crippen molar-refractivity contribution in [3.63, 3.8) is 0 Å². The first kappa shape index (κ1) is 36.2. The third kappa shape index (κ3) is 7.30. The van der Waals surface area contributed by atoms with Gasteiger partial charge in [0, 0.05) is 81.0 Å². The van der Waals surface area contributed by atoms with Crippen LogP contribution in [0.25, 0.3) is 10.9 Å². The average Bonchev–Trinajstić information content (AvgIpc) is 3.72. The Labute approximate surface area is 299 Å². The molecule has 9 rings (SSSR count). The van der Waals surface area contributed by atoms with Gasteiger partial charge in [-0.3, -0.25) is 0 Å². The number of benzene rings is 3. The Hall–Kier alpha value is -1.59. The molecule has 10 heteroatoms. The normalized spacial score (nSPS) is 23.1. The van der Waals surface area contributed by atoms with Gasteiger partial charge in [0.25, 0.3) is 0 Å². The van der Waals surface area contributed by atoms with E-state index in [4.69, 9.17) is 0 Å². The molecular weight excluding hydrogens is 780 g/mol. The maximum absolute atomic E-state index is 3.62. The first-order valence-corrected chi connectivity index (χ1v) is 17.5. The molecule has 244 valence electrons. The smallest absolute Gasteiger partial charge is 0.0603 e. The van der Waals surface area contributed by atoms with Crippen LogP contribution in [0.15, 0.2) is 68.0 Å². The van der Waals surface area contributed by atoms with E-state index in [-0.39, 0.29) is 27.3 Å². The van der Waals surface area contributed by atoms with Crippen molar-refractivity contribution in [2.75, 3.05) is 43.4 Å². The summed E-state index contributed by atoms with van der Waals surface area (Å²) in [6.07, 6.45) is 3.56. The zero-order valence-electron chi connectivity index (χ0n) is 23.9. The minimum atomic E-state index is 0. The summed E-state index contributed by atoms with van der Waals surface area (Å²) >= 11 is 10.8. The van der Waals surface area contributed by atoms with Crippen LogP contribution in [-0.2, 0) is 13.0 Å². The number of para-hydroxylation sites is 3. The molecule has 1 aromatic heterocycles. The highest BCUT2D eigenvalue weighted by molar-refractivity contribution is 9.11. The lowest BCUT2D eigenvalue weighted by atomic mass is 9.91. The number of fused-ring (bicyclic) bond motifs is 9. The molecular formula is C35H46Br3ClN6. The maximum atomic E-state index is 3.62. The minimum absolute atomic E-state index is 0. The first-order valence-electron chi connectivity index (χ1n) is 15.1. The van der Waals surface area contributed by atoms with Crippen molar-refractivity contribution < 1.29 is 0 Å². The van der Waals surface area contributed by atoms with Crippen molar-refractivity contribution in [2.45, 2.75) is 64.6 Å². The van der Waals surface area contributed by atoms with Crippen molar-refractivity contribution in [2.24, 2.45) is 0 Å². The fourth-order valence-electron chi connectivity index (χ4n) is 7.22. The zero-order chi connectivity index (χ0) is 28.6. The topological polar surface area (TPSA) is 75.9 Å². The van der Waals surface area contributed by atoms with Gasteiger partial charge in [-0.25, -0.2) is 0 Å². The quantitative estimate of drug-likeness (QED) is 0.107. The second-order valence-corrected chi connectivity index (χ2v) is 14.3. The van der Waals surface area contributed by atoms with Crippen LogP contribution < -0.4 is 26.6 Å². The van der Waals surface area contributed by atoms with Gasteiger partial charge in [0.15, 0.2) is 0 Å². The Morgan fingerprint density at radius 1 is 0.622 bits per heavy atom. The number of aromatic amines is 1. The van der Waals surface area contributed by atoms with Crippen LogP contribution in [-0.4, -0.2) is 49.8 Å². The number of hydrogen-bond acceptors (Lipinski definition) is 5. The summed E-state index contributed by atoms with van der Waals surface area (Å²) in [6, 6.07) is 20.6. The van der Waals surface area contributed by atoms with E-state index in [9.17, 15) is 0 Å². The number of rotatable bonds is 0. The molecule has 0 radical (unpaired) electrons. The van der Waals surface area contributed by atoms with Crippen LogP contribution >= 0.6 is 60.2 Å². The van der Waals surface area contributed by atoms with E-state index in [1.54, 1.807) is 0 Å². The van der Waals surface area contributed by atoms with Gasteiger partial charge < -0.3 is 31.6 Å². The summed E-state index contributed by atoms with van der Waals surface area (Å²) in [4.78, 5) is 3.50. The molecule has 6 heterocycles. The lowest BCUT2D eigenvalue weighted by Crippen LogP contribution is -2.38. The van der Waals surface area contributed by atoms with E-state index >= 15 is 0 Å². The molecule has 2 fully saturated rings. The maximum Gasteiger partial charge on any atom is 0.0603 e. The molecule has 0 spiro atoms. The van der Waals surface area contributed by atoms with Crippen molar-refractivity contribution >= 4 is 82.5 Å². The van der Waals surface area contributed by atoms with E-state index < -0.39 is 0 Å². The van der Waals surface area contributed by atoms with Gasteiger partial charge in [0.1, 0.15) is 0 Å². The minimum Gasteiger partial charge on any atom is -0.380 e. The molecule has 6 nitrogen and oxygen atoms in total. The molecule has 0 amide bonds. The Morgan fingerprint density at radius 3 is 1.73 bits per heavy atom. The number of hydrogen-bond donors (Lipinski definition) is 6. The number of H-pyrrole nitrogens is 1. The number of nitrogens with one attached hydrogen (secondary N) is 6. The van der Waals surface area contributed by atoms with Crippen molar-refractivity contribution in [1.29, 1.82) is 0 Å². The van der Waals surface area contributed by atoms with E-state index in [1.807, 2.05) is 0 Å². The number of anilines is 2. The predicted octanol–water partition coefficient (Wildman–Crippen LogP) is 8.91. The predicted molar refractivity (Wildman–Crippen MR) is 206 cm³/mol. The zero-order valence-corrected chi connectivity index (χ0v) is 29.5. The van der Waals surface area contributed by atoms with Crippen LogP contribution in [0, 0.1) is 0 Å². The molecule has 0 bridgehead atoms. The van der Waals surface area contributed by atoms with Crippen LogP contribution in [0.4, 0.5) is 11.4 Å². The Balaban J connectivity index is 0.000000149. The lowest BCUT2D eigenvalue weighted by molar-refractivity contribution is 0.440. The second kappa shape index (κ2) is 16.0. The SMILES string of the molecule is Brc1cccc2c1N[C@H]1CCNC[C@@H]21.Brc1cccc2c1N[C@H]1CCNC[C@@H]21.Brc1cccc2c3c([nH]c12)CCNC3.C.C.Cl. The summed E-state index contributed by atoms with van der Waals surface area (Å²) < 4.78 is 3.55. The highest BCUT2D eigenvalue weighted by atomic mass is 79.9. The monoisotopic (exact) mass is 822 g/mol. The summed E-state index contributed by atoms with van der Waals surface area (Å²) in [7, 11) is 0. The third-order valence-electron chi connectivity index (χ3n) is 9.35. The van der Waals surface area contributed by atoms with Crippen molar-refractivity contribution in [1.82, 2.24) is 20.9 Å². The first-order chi connectivity index (χ1) is 20.6.